The van der Waals surface area contributed by atoms with E-state index in [0.717, 1.165) is 30.2 Å². The number of amides is 1. The minimum atomic E-state index is -0.270. The van der Waals surface area contributed by atoms with Gasteiger partial charge in [-0.15, -0.1) is 11.3 Å². The molecule has 2 heterocycles. The molecule has 0 atom stereocenters. The molecule has 6 nitrogen and oxygen atoms in total. The lowest BCUT2D eigenvalue weighted by molar-refractivity contribution is 0.102. The van der Waals surface area contributed by atoms with Crippen LogP contribution in [0.25, 0.3) is 10.6 Å². The van der Waals surface area contributed by atoms with Crippen LogP contribution in [0.15, 0.2) is 47.8 Å². The highest BCUT2D eigenvalue weighted by molar-refractivity contribution is 7.13. The number of likely N-dealkylation sites (N-methyl/N-ethyl adjacent to an activating group) is 1. The molecule has 7 heteroatoms. The third kappa shape index (κ3) is 4.96. The number of carbonyl (C=O) groups excluding carboxylic acids is 1. The van der Waals surface area contributed by atoms with E-state index >= 15 is 0 Å². The predicted molar refractivity (Wildman–Crippen MR) is 110 cm³/mol. The number of para-hydroxylation sites is 2. The summed E-state index contributed by atoms with van der Waals surface area (Å²) in [5.41, 5.74) is 1.82. The molecular formula is C20H24N4O2S. The third-order valence-corrected chi connectivity index (χ3v) is 5.20. The van der Waals surface area contributed by atoms with Gasteiger partial charge in [0.25, 0.3) is 5.91 Å². The molecule has 0 unspecified atom stereocenters. The van der Waals surface area contributed by atoms with Crippen molar-refractivity contribution in [3.05, 3.63) is 53.5 Å². The van der Waals surface area contributed by atoms with Gasteiger partial charge >= 0.3 is 0 Å². The predicted octanol–water partition coefficient (Wildman–Crippen LogP) is 4.11. The van der Waals surface area contributed by atoms with Crippen molar-refractivity contribution in [1.82, 2.24) is 15.1 Å². The molecule has 0 bridgehead atoms. The van der Waals surface area contributed by atoms with Gasteiger partial charge in [0, 0.05) is 6.54 Å². The van der Waals surface area contributed by atoms with Gasteiger partial charge in [0.1, 0.15) is 12.4 Å². The average Bonchev–Trinajstić information content (AvgIpc) is 3.37. The van der Waals surface area contributed by atoms with Crippen molar-refractivity contribution < 1.29 is 9.53 Å². The summed E-state index contributed by atoms with van der Waals surface area (Å²) < 4.78 is 5.89. The van der Waals surface area contributed by atoms with Gasteiger partial charge in [-0.1, -0.05) is 32.0 Å². The zero-order valence-electron chi connectivity index (χ0n) is 15.6. The minimum Gasteiger partial charge on any atom is -0.490 e. The second-order valence-corrected chi connectivity index (χ2v) is 6.92. The quantitative estimate of drug-likeness (QED) is 0.582. The van der Waals surface area contributed by atoms with Gasteiger partial charge in [0.15, 0.2) is 5.69 Å². The first kappa shape index (κ1) is 19.1. The number of rotatable bonds is 9. The van der Waals surface area contributed by atoms with E-state index < -0.39 is 0 Å². The van der Waals surface area contributed by atoms with Crippen LogP contribution in [-0.4, -0.2) is 47.2 Å². The van der Waals surface area contributed by atoms with E-state index in [1.54, 1.807) is 17.4 Å². The van der Waals surface area contributed by atoms with Gasteiger partial charge in [-0.3, -0.25) is 9.89 Å². The monoisotopic (exact) mass is 384 g/mol. The maximum atomic E-state index is 12.6. The van der Waals surface area contributed by atoms with Crippen molar-refractivity contribution >= 4 is 22.9 Å². The van der Waals surface area contributed by atoms with E-state index in [2.05, 4.69) is 34.3 Å². The zero-order valence-corrected chi connectivity index (χ0v) is 16.4. The molecule has 0 saturated heterocycles. The normalized spacial score (nSPS) is 10.9. The summed E-state index contributed by atoms with van der Waals surface area (Å²) in [5.74, 6) is 0.390. The summed E-state index contributed by atoms with van der Waals surface area (Å²) in [6, 6.07) is 13.2. The largest absolute Gasteiger partial charge is 0.490 e. The van der Waals surface area contributed by atoms with E-state index in [1.807, 2.05) is 41.8 Å². The Balaban J connectivity index is 1.64. The van der Waals surface area contributed by atoms with Crippen LogP contribution in [0.5, 0.6) is 5.75 Å². The highest BCUT2D eigenvalue weighted by Crippen LogP contribution is 2.26. The van der Waals surface area contributed by atoms with E-state index in [-0.39, 0.29) is 5.91 Å². The summed E-state index contributed by atoms with van der Waals surface area (Å²) in [5, 5.41) is 11.9. The molecule has 3 rings (SSSR count). The molecule has 2 N–H and O–H groups in total. The lowest BCUT2D eigenvalue weighted by atomic mass is 10.2. The first-order valence-corrected chi connectivity index (χ1v) is 9.94. The zero-order chi connectivity index (χ0) is 19.1. The number of ether oxygens (including phenoxy) is 1. The fraction of sp³-hybridized carbons (Fsp3) is 0.300. The number of hydrogen-bond acceptors (Lipinski definition) is 5. The summed E-state index contributed by atoms with van der Waals surface area (Å²) in [6.45, 7) is 7.66. The maximum absolute atomic E-state index is 12.6. The Morgan fingerprint density at radius 2 is 2.04 bits per heavy atom. The number of benzene rings is 1. The maximum Gasteiger partial charge on any atom is 0.276 e. The number of aromatic amines is 1. The number of carbonyl (C=O) groups is 1. The molecule has 142 valence electrons. The second-order valence-electron chi connectivity index (χ2n) is 5.97. The molecule has 1 amide bonds. The second kappa shape index (κ2) is 9.34. The summed E-state index contributed by atoms with van der Waals surface area (Å²) in [6.07, 6.45) is 0. The van der Waals surface area contributed by atoms with Gasteiger partial charge in [-0.05, 0) is 42.7 Å². The number of nitrogens with zero attached hydrogens (tertiary/aromatic N) is 2. The van der Waals surface area contributed by atoms with Crippen molar-refractivity contribution in [3.63, 3.8) is 0 Å². The van der Waals surface area contributed by atoms with Crippen LogP contribution in [0.4, 0.5) is 5.69 Å². The molecule has 2 aromatic heterocycles. The number of H-pyrrole nitrogens is 1. The smallest absolute Gasteiger partial charge is 0.276 e. The van der Waals surface area contributed by atoms with Crippen LogP contribution in [0, 0.1) is 0 Å². The fourth-order valence-electron chi connectivity index (χ4n) is 2.70. The van der Waals surface area contributed by atoms with Gasteiger partial charge in [-0.25, -0.2) is 0 Å². The Hall–Kier alpha value is -2.64. The third-order valence-electron chi connectivity index (χ3n) is 4.29. The molecule has 0 aliphatic carbocycles. The van der Waals surface area contributed by atoms with E-state index in [4.69, 9.17) is 4.74 Å². The van der Waals surface area contributed by atoms with Gasteiger partial charge < -0.3 is 15.0 Å². The number of anilines is 1. The Morgan fingerprint density at radius 1 is 1.22 bits per heavy atom. The lowest BCUT2D eigenvalue weighted by Crippen LogP contribution is -2.28. The van der Waals surface area contributed by atoms with Crippen LogP contribution >= 0.6 is 11.3 Å². The van der Waals surface area contributed by atoms with Crippen LogP contribution in [0.1, 0.15) is 24.3 Å². The van der Waals surface area contributed by atoms with Crippen LogP contribution in [0.2, 0.25) is 0 Å². The molecule has 0 aliphatic heterocycles. The first-order valence-electron chi connectivity index (χ1n) is 9.06. The SMILES string of the molecule is CCN(CC)CCOc1ccccc1NC(=O)c1cc(-c2cccs2)[nH]n1. The van der Waals surface area contributed by atoms with Crippen LogP contribution in [-0.2, 0) is 0 Å². The molecule has 0 radical (unpaired) electrons. The fourth-order valence-corrected chi connectivity index (χ4v) is 3.40. The highest BCUT2D eigenvalue weighted by Gasteiger charge is 2.14. The molecule has 0 saturated carbocycles. The van der Waals surface area contributed by atoms with Crippen molar-refractivity contribution in [2.45, 2.75) is 13.8 Å². The molecular weight excluding hydrogens is 360 g/mol. The Morgan fingerprint density at radius 3 is 2.78 bits per heavy atom. The molecule has 3 aromatic rings. The van der Waals surface area contributed by atoms with E-state index in [1.165, 1.54) is 0 Å². The number of nitrogens with one attached hydrogen (secondary N) is 2. The van der Waals surface area contributed by atoms with Crippen molar-refractivity contribution in [3.8, 4) is 16.3 Å². The molecule has 0 spiro atoms. The molecule has 0 aliphatic rings. The van der Waals surface area contributed by atoms with Gasteiger partial charge in [-0.2, -0.15) is 5.10 Å². The summed E-state index contributed by atoms with van der Waals surface area (Å²) >= 11 is 1.60. The number of thiophene rings is 1. The number of hydrogen-bond donors (Lipinski definition) is 2. The van der Waals surface area contributed by atoms with E-state index in [0.29, 0.717) is 23.7 Å². The first-order chi connectivity index (χ1) is 13.2. The van der Waals surface area contributed by atoms with Crippen molar-refractivity contribution in [2.24, 2.45) is 0 Å². The summed E-state index contributed by atoms with van der Waals surface area (Å²) in [7, 11) is 0. The summed E-state index contributed by atoms with van der Waals surface area (Å²) in [4.78, 5) is 15.9. The van der Waals surface area contributed by atoms with Crippen LogP contribution < -0.4 is 10.1 Å². The van der Waals surface area contributed by atoms with Crippen LogP contribution in [0.3, 0.4) is 0 Å². The number of aromatic nitrogens is 2. The lowest BCUT2D eigenvalue weighted by Gasteiger charge is -2.19. The standard InChI is InChI=1S/C20H24N4O2S/c1-3-24(4-2)11-12-26-18-9-6-5-8-15(18)21-20(25)17-14-16(22-23-17)19-10-7-13-27-19/h5-10,13-14H,3-4,11-12H2,1-2H3,(H,21,25)(H,22,23). The minimum absolute atomic E-state index is 0.270. The van der Waals surface area contributed by atoms with Crippen molar-refractivity contribution in [2.75, 3.05) is 31.6 Å². The topological polar surface area (TPSA) is 70.2 Å². The van der Waals surface area contributed by atoms with Crippen molar-refractivity contribution in [1.29, 1.82) is 0 Å². The molecule has 1 aromatic carbocycles. The Labute approximate surface area is 163 Å². The van der Waals surface area contributed by atoms with E-state index in [9.17, 15) is 4.79 Å². The Kier molecular flexibility index (Phi) is 6.62. The highest BCUT2D eigenvalue weighted by atomic mass is 32.1. The Bertz CT molecular complexity index is 857. The molecule has 0 fully saturated rings. The van der Waals surface area contributed by atoms with Gasteiger partial charge in [0.05, 0.1) is 16.3 Å². The molecule has 27 heavy (non-hydrogen) atoms. The average molecular weight is 385 g/mol. The van der Waals surface area contributed by atoms with Gasteiger partial charge in [0.2, 0.25) is 0 Å².